The molecule has 0 saturated heterocycles. The summed E-state index contributed by atoms with van der Waals surface area (Å²) < 4.78 is 5.36. The summed E-state index contributed by atoms with van der Waals surface area (Å²) in [4.78, 5) is 12.8. The van der Waals surface area contributed by atoms with Crippen molar-refractivity contribution in [1.29, 1.82) is 0 Å². The number of aromatic hydroxyl groups is 1. The van der Waals surface area contributed by atoms with E-state index in [2.05, 4.69) is 0 Å². The Morgan fingerprint density at radius 2 is 1.72 bits per heavy atom. The van der Waals surface area contributed by atoms with Gasteiger partial charge in [0.2, 0.25) is 0 Å². The predicted octanol–water partition coefficient (Wildman–Crippen LogP) is 3.17. The van der Waals surface area contributed by atoms with Crippen LogP contribution < -0.4 is 5.63 Å². The Morgan fingerprint density at radius 1 is 1.04 bits per heavy atom. The molecular formula is C20H14O4S. The summed E-state index contributed by atoms with van der Waals surface area (Å²) in [6.07, 6.45) is 0.130. The lowest BCUT2D eigenvalue weighted by atomic mass is 9.91. The maximum Gasteiger partial charge on any atom is 0.346 e. The Hall–Kier alpha value is -2.76. The predicted molar refractivity (Wildman–Crippen MR) is 97.8 cm³/mol. The van der Waals surface area contributed by atoms with Crippen LogP contribution in [0, 0.1) is 0 Å². The lowest BCUT2D eigenvalue weighted by molar-refractivity contribution is 0.113. The number of rotatable bonds is 2. The van der Waals surface area contributed by atoms with Crippen molar-refractivity contribution in [3.8, 4) is 17.1 Å². The number of benzene rings is 2. The second-order valence-corrected chi connectivity index (χ2v) is 6.46. The van der Waals surface area contributed by atoms with E-state index in [9.17, 15) is 15.0 Å². The first-order chi connectivity index (χ1) is 12.0. The molecule has 2 N–H and O–H groups in total. The van der Waals surface area contributed by atoms with E-state index in [1.54, 1.807) is 30.3 Å². The Bertz CT molecular complexity index is 1040. The van der Waals surface area contributed by atoms with Crippen molar-refractivity contribution < 1.29 is 14.6 Å². The minimum absolute atomic E-state index is 0.130. The molecule has 0 amide bonds. The largest absolute Gasteiger partial charge is 0.507 e. The molecular weight excluding hydrogens is 336 g/mol. The molecule has 3 aromatic rings. The maximum atomic E-state index is 12.6. The number of aliphatic hydroxyl groups is 1. The molecule has 0 spiro atoms. The molecule has 2 aromatic carbocycles. The monoisotopic (exact) mass is 350 g/mol. The summed E-state index contributed by atoms with van der Waals surface area (Å²) in [6.45, 7) is 0. The summed E-state index contributed by atoms with van der Waals surface area (Å²) in [7, 11) is 0. The van der Waals surface area contributed by atoms with Gasteiger partial charge in [0.15, 0.2) is 0 Å². The minimum Gasteiger partial charge on any atom is -0.507 e. The molecule has 4 rings (SSSR count). The van der Waals surface area contributed by atoms with Crippen LogP contribution in [0.2, 0.25) is 0 Å². The molecule has 0 aliphatic heterocycles. The van der Waals surface area contributed by atoms with E-state index in [0.29, 0.717) is 11.1 Å². The van der Waals surface area contributed by atoms with Gasteiger partial charge in [-0.1, -0.05) is 66.8 Å². The van der Waals surface area contributed by atoms with E-state index < -0.39 is 11.2 Å². The van der Waals surface area contributed by atoms with Crippen molar-refractivity contribution >= 4 is 17.1 Å². The van der Waals surface area contributed by atoms with Crippen LogP contribution in [-0.4, -0.2) is 15.1 Å². The van der Waals surface area contributed by atoms with Crippen molar-refractivity contribution in [2.45, 2.75) is 12.0 Å². The molecule has 25 heavy (non-hydrogen) atoms. The first kappa shape index (κ1) is 15.7. The summed E-state index contributed by atoms with van der Waals surface area (Å²) in [5.74, 6) is -0.0929. The number of hydrogen-bond donors (Lipinski definition) is 2. The highest BCUT2D eigenvalue weighted by molar-refractivity contribution is 7.81. The fraction of sp³-hybridized carbons (Fsp3) is 0.100. The zero-order valence-electron chi connectivity index (χ0n) is 13.1. The molecule has 0 bridgehead atoms. The highest BCUT2D eigenvalue weighted by Crippen LogP contribution is 2.41. The van der Waals surface area contributed by atoms with Crippen LogP contribution >= 0.6 is 12.2 Å². The highest BCUT2D eigenvalue weighted by atomic mass is 32.1. The molecule has 1 aliphatic carbocycles. The minimum atomic E-state index is -1.75. The van der Waals surface area contributed by atoms with Crippen LogP contribution in [0.25, 0.3) is 11.3 Å². The van der Waals surface area contributed by atoms with E-state index in [-0.39, 0.29) is 28.4 Å². The summed E-state index contributed by atoms with van der Waals surface area (Å²) in [5, 5.41) is 21.6. The molecule has 5 heteroatoms. The van der Waals surface area contributed by atoms with Crippen molar-refractivity contribution in [2.24, 2.45) is 0 Å². The van der Waals surface area contributed by atoms with Crippen LogP contribution in [0.4, 0.5) is 0 Å². The van der Waals surface area contributed by atoms with Crippen molar-refractivity contribution in [3.63, 3.8) is 0 Å². The second kappa shape index (κ2) is 5.65. The topological polar surface area (TPSA) is 70.7 Å². The molecule has 1 unspecified atom stereocenters. The molecule has 1 atom stereocenters. The number of hydrogen-bond acceptors (Lipinski definition) is 5. The zero-order valence-corrected chi connectivity index (χ0v) is 13.9. The zero-order chi connectivity index (χ0) is 17.6. The molecule has 0 saturated carbocycles. The van der Waals surface area contributed by atoms with Gasteiger partial charge < -0.3 is 14.6 Å². The Balaban J connectivity index is 1.85. The van der Waals surface area contributed by atoms with Crippen LogP contribution in [-0.2, 0) is 12.0 Å². The van der Waals surface area contributed by atoms with Crippen LogP contribution in [0.3, 0.4) is 0 Å². The van der Waals surface area contributed by atoms with Crippen LogP contribution in [0.5, 0.6) is 5.75 Å². The molecule has 0 radical (unpaired) electrons. The molecule has 124 valence electrons. The fourth-order valence-electron chi connectivity index (χ4n) is 3.28. The molecule has 1 aromatic heterocycles. The Labute approximate surface area is 149 Å². The standard InChI is InChI=1S/C20H14O4S/c21-15-10-16(12-6-2-1-3-7-12)24-19(22)17(15)20(23)11-13-8-4-5-9-14(13)18(20)25/h1-10,21,23H,11H2. The second-order valence-electron chi connectivity index (χ2n) is 6.05. The lowest BCUT2D eigenvalue weighted by Crippen LogP contribution is -2.37. The van der Waals surface area contributed by atoms with Gasteiger partial charge in [-0.2, -0.15) is 0 Å². The van der Waals surface area contributed by atoms with Gasteiger partial charge in [-0.25, -0.2) is 4.79 Å². The fourth-order valence-corrected chi connectivity index (χ4v) is 3.66. The van der Waals surface area contributed by atoms with Crippen LogP contribution in [0.15, 0.2) is 69.9 Å². The molecule has 1 heterocycles. The summed E-state index contributed by atoms with van der Waals surface area (Å²) in [5.41, 5.74) is -0.554. The van der Waals surface area contributed by atoms with Gasteiger partial charge in [0.05, 0.1) is 4.86 Å². The van der Waals surface area contributed by atoms with Crippen molar-refractivity contribution in [3.05, 3.63) is 87.8 Å². The van der Waals surface area contributed by atoms with E-state index in [4.69, 9.17) is 16.6 Å². The van der Waals surface area contributed by atoms with E-state index in [0.717, 1.165) is 5.56 Å². The van der Waals surface area contributed by atoms with E-state index >= 15 is 0 Å². The quantitative estimate of drug-likeness (QED) is 0.695. The van der Waals surface area contributed by atoms with Crippen molar-refractivity contribution in [2.75, 3.05) is 0 Å². The summed E-state index contributed by atoms with van der Waals surface area (Å²) in [6, 6.07) is 17.6. The normalized spacial score (nSPS) is 19.0. The summed E-state index contributed by atoms with van der Waals surface area (Å²) >= 11 is 5.39. The Kier molecular flexibility index (Phi) is 3.56. The van der Waals surface area contributed by atoms with Gasteiger partial charge in [0.25, 0.3) is 0 Å². The number of fused-ring (bicyclic) bond motifs is 1. The van der Waals surface area contributed by atoms with Gasteiger partial charge >= 0.3 is 5.63 Å². The third-order valence-corrected chi connectivity index (χ3v) is 5.04. The third-order valence-electron chi connectivity index (χ3n) is 4.49. The molecule has 0 fully saturated rings. The van der Waals surface area contributed by atoms with Gasteiger partial charge in [0.1, 0.15) is 22.7 Å². The average molecular weight is 350 g/mol. The van der Waals surface area contributed by atoms with E-state index in [1.165, 1.54) is 6.07 Å². The van der Waals surface area contributed by atoms with Crippen LogP contribution in [0.1, 0.15) is 16.7 Å². The average Bonchev–Trinajstić information content (AvgIpc) is 2.87. The Morgan fingerprint density at radius 3 is 2.40 bits per heavy atom. The first-order valence-corrected chi connectivity index (χ1v) is 8.19. The maximum absolute atomic E-state index is 12.6. The number of thiocarbonyl (C=S) groups is 1. The van der Waals surface area contributed by atoms with Crippen molar-refractivity contribution in [1.82, 2.24) is 0 Å². The van der Waals surface area contributed by atoms with Gasteiger partial charge in [-0.3, -0.25) is 0 Å². The van der Waals surface area contributed by atoms with Gasteiger partial charge in [0, 0.05) is 18.1 Å². The van der Waals surface area contributed by atoms with Gasteiger partial charge in [-0.05, 0) is 11.1 Å². The molecule has 1 aliphatic rings. The SMILES string of the molecule is O=c1oc(-c2ccccc2)cc(O)c1C1(O)Cc2ccccc2C1=S. The van der Waals surface area contributed by atoms with E-state index in [1.807, 2.05) is 24.3 Å². The lowest BCUT2D eigenvalue weighted by Gasteiger charge is -2.23. The van der Waals surface area contributed by atoms with Gasteiger partial charge in [-0.15, -0.1) is 0 Å². The molecule has 4 nitrogen and oxygen atoms in total. The highest BCUT2D eigenvalue weighted by Gasteiger charge is 2.46. The first-order valence-electron chi connectivity index (χ1n) is 7.79. The third kappa shape index (κ3) is 2.40. The smallest absolute Gasteiger partial charge is 0.346 e.